The third kappa shape index (κ3) is 2.23. The first-order chi connectivity index (χ1) is 9.79. The highest BCUT2D eigenvalue weighted by molar-refractivity contribution is 5.58. The van der Waals surface area contributed by atoms with Gasteiger partial charge in [0.1, 0.15) is 0 Å². The minimum Gasteiger partial charge on any atom is -0.374 e. The van der Waals surface area contributed by atoms with Crippen molar-refractivity contribution >= 4 is 5.69 Å². The van der Waals surface area contributed by atoms with E-state index in [0.29, 0.717) is 6.04 Å². The number of hydrogen-bond acceptors (Lipinski definition) is 3. The van der Waals surface area contributed by atoms with Gasteiger partial charge in [0.25, 0.3) is 0 Å². The molecule has 1 atom stereocenters. The Balaban J connectivity index is 1.40. The molecule has 1 unspecified atom stereocenters. The van der Waals surface area contributed by atoms with Gasteiger partial charge in [0.15, 0.2) is 0 Å². The first-order valence-corrected chi connectivity index (χ1v) is 8.08. The number of rotatable bonds is 3. The molecule has 20 heavy (non-hydrogen) atoms. The number of benzene rings is 1. The zero-order chi connectivity index (χ0) is 13.5. The normalized spacial score (nSPS) is 31.6. The molecule has 3 heteroatoms. The summed E-state index contributed by atoms with van der Waals surface area (Å²) in [6, 6.07) is 7.73. The molecule has 0 saturated carbocycles. The van der Waals surface area contributed by atoms with E-state index in [1.807, 2.05) is 0 Å². The maximum Gasteiger partial charge on any atom is 0.0397 e. The summed E-state index contributed by atoms with van der Waals surface area (Å²) in [6.45, 7) is 6.12. The maximum absolute atomic E-state index is 3.82. The van der Waals surface area contributed by atoms with E-state index in [0.717, 1.165) is 12.5 Å². The largest absolute Gasteiger partial charge is 0.374 e. The maximum atomic E-state index is 3.82. The highest BCUT2D eigenvalue weighted by Crippen LogP contribution is 2.29. The third-order valence-electron chi connectivity index (χ3n) is 5.50. The van der Waals surface area contributed by atoms with Crippen molar-refractivity contribution in [2.45, 2.75) is 31.8 Å². The second-order valence-electron chi connectivity index (χ2n) is 6.76. The lowest BCUT2D eigenvalue weighted by Crippen LogP contribution is -2.55. The number of likely N-dealkylation sites (N-methyl/N-ethyl adjacent to an activating group) is 1. The van der Waals surface area contributed by atoms with Crippen LogP contribution < -0.4 is 10.2 Å². The predicted octanol–water partition coefficient (Wildman–Crippen LogP) is 1.86. The molecule has 4 aliphatic rings. The van der Waals surface area contributed by atoms with Gasteiger partial charge in [-0.25, -0.2) is 0 Å². The van der Waals surface area contributed by atoms with Crippen molar-refractivity contribution in [3.8, 4) is 0 Å². The van der Waals surface area contributed by atoms with Crippen LogP contribution in [0.2, 0.25) is 0 Å². The van der Waals surface area contributed by atoms with Crippen LogP contribution >= 0.6 is 0 Å². The van der Waals surface area contributed by atoms with Crippen LogP contribution in [-0.2, 0) is 13.0 Å². The Labute approximate surface area is 121 Å². The van der Waals surface area contributed by atoms with Gasteiger partial charge >= 0.3 is 0 Å². The molecule has 3 nitrogen and oxygen atoms in total. The second kappa shape index (κ2) is 5.05. The fourth-order valence-corrected chi connectivity index (χ4v) is 4.18. The molecule has 0 aromatic heterocycles. The van der Waals surface area contributed by atoms with E-state index in [2.05, 4.69) is 40.4 Å². The van der Waals surface area contributed by atoms with Gasteiger partial charge in [-0.15, -0.1) is 0 Å². The van der Waals surface area contributed by atoms with Crippen molar-refractivity contribution in [2.75, 3.05) is 38.1 Å². The fraction of sp³-hybridized carbons (Fsp3) is 0.647. The first kappa shape index (κ1) is 12.7. The molecule has 4 aliphatic heterocycles. The Morgan fingerprint density at radius 1 is 1.20 bits per heavy atom. The number of nitrogens with one attached hydrogen (secondary N) is 1. The van der Waals surface area contributed by atoms with Crippen molar-refractivity contribution in [2.24, 2.45) is 5.92 Å². The average Bonchev–Trinajstić information content (AvgIpc) is 2.87. The van der Waals surface area contributed by atoms with Crippen molar-refractivity contribution in [3.63, 3.8) is 0 Å². The minimum atomic E-state index is 0.716. The number of anilines is 1. The summed E-state index contributed by atoms with van der Waals surface area (Å²) in [5.41, 5.74) is 4.41. The Hall–Kier alpha value is -1.06. The standard InChI is InChI=1S/C17H25N3/c1-19-7-4-15-10-13(2-3-17(15)19)11-18-16-12-20-8-5-14(16)6-9-20/h2-3,10,14,16,18H,4-9,11-12H2,1H3. The van der Waals surface area contributed by atoms with Crippen LogP contribution in [0.5, 0.6) is 0 Å². The van der Waals surface area contributed by atoms with Crippen LogP contribution in [0.1, 0.15) is 24.0 Å². The molecule has 1 N–H and O–H groups in total. The molecular formula is C17H25N3. The van der Waals surface area contributed by atoms with Gasteiger partial charge in [-0.05, 0) is 55.5 Å². The molecule has 0 aliphatic carbocycles. The van der Waals surface area contributed by atoms with Gasteiger partial charge in [-0.1, -0.05) is 12.1 Å². The van der Waals surface area contributed by atoms with Gasteiger partial charge < -0.3 is 15.1 Å². The smallest absolute Gasteiger partial charge is 0.0397 e. The predicted molar refractivity (Wildman–Crippen MR) is 83.2 cm³/mol. The molecule has 2 bridgehead atoms. The summed E-state index contributed by atoms with van der Waals surface area (Å²) >= 11 is 0. The topological polar surface area (TPSA) is 18.5 Å². The van der Waals surface area contributed by atoms with Crippen LogP contribution in [-0.4, -0.2) is 44.2 Å². The van der Waals surface area contributed by atoms with Crippen molar-refractivity contribution in [3.05, 3.63) is 29.3 Å². The number of nitrogens with zero attached hydrogens (tertiary/aromatic N) is 2. The molecule has 0 spiro atoms. The van der Waals surface area contributed by atoms with Crippen LogP contribution in [0.4, 0.5) is 5.69 Å². The second-order valence-corrected chi connectivity index (χ2v) is 6.76. The average molecular weight is 271 g/mol. The molecule has 1 aromatic carbocycles. The van der Waals surface area contributed by atoms with Crippen molar-refractivity contribution < 1.29 is 0 Å². The molecule has 1 aromatic rings. The summed E-state index contributed by atoms with van der Waals surface area (Å²) in [4.78, 5) is 4.98. The molecule has 0 amide bonds. The summed E-state index contributed by atoms with van der Waals surface area (Å²) < 4.78 is 0. The fourth-order valence-electron chi connectivity index (χ4n) is 4.18. The van der Waals surface area contributed by atoms with Crippen LogP contribution in [0.15, 0.2) is 18.2 Å². The lowest BCUT2D eigenvalue weighted by molar-refractivity contribution is 0.0720. The van der Waals surface area contributed by atoms with Crippen LogP contribution in [0.25, 0.3) is 0 Å². The number of hydrogen-bond donors (Lipinski definition) is 1. The molecule has 3 fully saturated rings. The van der Waals surface area contributed by atoms with E-state index in [4.69, 9.17) is 0 Å². The lowest BCUT2D eigenvalue weighted by atomic mass is 9.84. The zero-order valence-corrected chi connectivity index (χ0v) is 12.4. The minimum absolute atomic E-state index is 0.716. The van der Waals surface area contributed by atoms with E-state index in [-0.39, 0.29) is 0 Å². The molecular weight excluding hydrogens is 246 g/mol. The first-order valence-electron chi connectivity index (χ1n) is 8.08. The number of fused-ring (bicyclic) bond motifs is 4. The quantitative estimate of drug-likeness (QED) is 0.905. The molecule has 0 radical (unpaired) electrons. The van der Waals surface area contributed by atoms with Gasteiger partial charge in [0.2, 0.25) is 0 Å². The third-order valence-corrected chi connectivity index (χ3v) is 5.50. The zero-order valence-electron chi connectivity index (χ0n) is 12.4. The SMILES string of the molecule is CN1CCc2cc(CNC3CN4CCC3CC4)ccc21. The summed E-state index contributed by atoms with van der Waals surface area (Å²) in [5.74, 6) is 0.917. The van der Waals surface area contributed by atoms with Gasteiger partial charge in [-0.3, -0.25) is 0 Å². The highest BCUT2D eigenvalue weighted by atomic mass is 15.2. The number of piperidine rings is 3. The molecule has 108 valence electrons. The van der Waals surface area contributed by atoms with E-state index >= 15 is 0 Å². The Morgan fingerprint density at radius 2 is 2.05 bits per heavy atom. The highest BCUT2D eigenvalue weighted by Gasteiger charge is 2.33. The molecule has 5 rings (SSSR count). The van der Waals surface area contributed by atoms with Gasteiger partial charge in [-0.2, -0.15) is 0 Å². The van der Waals surface area contributed by atoms with E-state index in [1.54, 1.807) is 0 Å². The molecule has 4 heterocycles. The summed E-state index contributed by atoms with van der Waals surface area (Å²) in [6.07, 6.45) is 4.00. The monoisotopic (exact) mass is 271 g/mol. The molecule has 3 saturated heterocycles. The van der Waals surface area contributed by atoms with Crippen molar-refractivity contribution in [1.29, 1.82) is 0 Å². The Bertz CT molecular complexity index is 491. The van der Waals surface area contributed by atoms with E-state index < -0.39 is 0 Å². The van der Waals surface area contributed by atoms with E-state index in [9.17, 15) is 0 Å². The van der Waals surface area contributed by atoms with Gasteiger partial charge in [0.05, 0.1) is 0 Å². The summed E-state index contributed by atoms with van der Waals surface area (Å²) in [7, 11) is 2.19. The van der Waals surface area contributed by atoms with Crippen molar-refractivity contribution in [1.82, 2.24) is 10.2 Å². The van der Waals surface area contributed by atoms with Crippen LogP contribution in [0.3, 0.4) is 0 Å². The summed E-state index contributed by atoms with van der Waals surface area (Å²) in [5, 5.41) is 3.82. The lowest BCUT2D eigenvalue weighted by Gasteiger charge is -2.45. The Morgan fingerprint density at radius 3 is 2.80 bits per heavy atom. The van der Waals surface area contributed by atoms with E-state index in [1.165, 1.54) is 62.3 Å². The van der Waals surface area contributed by atoms with Crippen LogP contribution in [0, 0.1) is 5.92 Å². The van der Waals surface area contributed by atoms with Gasteiger partial charge in [0, 0.05) is 38.4 Å². The Kier molecular flexibility index (Phi) is 3.20.